The number of halogens is 4. The van der Waals surface area contributed by atoms with Crippen molar-refractivity contribution in [2.24, 2.45) is 0 Å². The van der Waals surface area contributed by atoms with E-state index in [1.165, 1.54) is 12.1 Å². The van der Waals surface area contributed by atoms with Gasteiger partial charge in [0.2, 0.25) is 5.91 Å². The molecule has 0 aliphatic rings. The zero-order valence-electron chi connectivity index (χ0n) is 13.3. The summed E-state index contributed by atoms with van der Waals surface area (Å²) in [6.07, 6.45) is -4.71. The van der Waals surface area contributed by atoms with E-state index >= 15 is 0 Å². The number of benzene rings is 2. The predicted molar refractivity (Wildman–Crippen MR) is 88.6 cm³/mol. The summed E-state index contributed by atoms with van der Waals surface area (Å²) >= 11 is 0.715. The Morgan fingerprint density at radius 2 is 1.92 bits per heavy atom. The molecule has 0 aromatic heterocycles. The minimum absolute atomic E-state index is 0.0757. The number of nitro groups is 1. The molecule has 0 aliphatic heterocycles. The smallest absolute Gasteiger partial charge is 0.325 e. The van der Waals surface area contributed by atoms with Crippen molar-refractivity contribution in [1.29, 1.82) is 0 Å². The van der Waals surface area contributed by atoms with Crippen molar-refractivity contribution in [1.82, 2.24) is 0 Å². The Labute approximate surface area is 149 Å². The lowest BCUT2D eigenvalue weighted by molar-refractivity contribution is -0.388. The number of nitrogens with one attached hydrogen (secondary N) is 1. The van der Waals surface area contributed by atoms with Crippen LogP contribution in [0.25, 0.3) is 0 Å². The van der Waals surface area contributed by atoms with Gasteiger partial charge in [-0.3, -0.25) is 14.9 Å². The highest BCUT2D eigenvalue weighted by Gasteiger charge is 2.33. The van der Waals surface area contributed by atoms with Crippen LogP contribution >= 0.6 is 11.8 Å². The largest absolute Gasteiger partial charge is 0.416 e. The van der Waals surface area contributed by atoms with Crippen molar-refractivity contribution in [3.63, 3.8) is 0 Å². The number of carbonyl (C=O) groups excluding carboxylic acids is 1. The average molecular weight is 388 g/mol. The lowest BCUT2D eigenvalue weighted by Gasteiger charge is -2.09. The van der Waals surface area contributed by atoms with Crippen LogP contribution in [0.3, 0.4) is 0 Å². The molecule has 0 unspecified atom stereocenters. The molecule has 0 saturated heterocycles. The molecule has 0 saturated carbocycles. The number of amides is 1. The zero-order valence-corrected chi connectivity index (χ0v) is 14.1. The maximum atomic E-state index is 13.4. The molecule has 0 fully saturated rings. The summed E-state index contributed by atoms with van der Waals surface area (Å²) < 4.78 is 51.4. The fourth-order valence-electron chi connectivity index (χ4n) is 1.97. The molecule has 0 heterocycles. The molecule has 1 N–H and O–H groups in total. The third-order valence-electron chi connectivity index (χ3n) is 3.30. The molecular formula is C16H12F4N2O3S. The number of nitrogens with zero attached hydrogens (tertiary/aromatic N) is 1. The molecular weight excluding hydrogens is 376 g/mol. The van der Waals surface area contributed by atoms with Gasteiger partial charge in [0, 0.05) is 11.8 Å². The van der Waals surface area contributed by atoms with Gasteiger partial charge in [0.25, 0.3) is 5.69 Å². The van der Waals surface area contributed by atoms with Crippen LogP contribution in [0.5, 0.6) is 0 Å². The highest BCUT2D eigenvalue weighted by molar-refractivity contribution is 8.00. The monoisotopic (exact) mass is 388 g/mol. The van der Waals surface area contributed by atoms with E-state index in [-0.39, 0.29) is 16.3 Å². The van der Waals surface area contributed by atoms with Crippen LogP contribution in [0.2, 0.25) is 0 Å². The molecule has 1 amide bonds. The maximum absolute atomic E-state index is 13.4. The van der Waals surface area contributed by atoms with Gasteiger partial charge in [0.15, 0.2) is 0 Å². The topological polar surface area (TPSA) is 72.2 Å². The fourth-order valence-corrected chi connectivity index (χ4v) is 2.77. The third kappa shape index (κ3) is 4.94. The molecule has 2 aromatic rings. The van der Waals surface area contributed by atoms with Crippen LogP contribution < -0.4 is 5.32 Å². The second kappa shape index (κ2) is 7.73. The lowest BCUT2D eigenvalue weighted by atomic mass is 10.2. The highest BCUT2D eigenvalue weighted by Crippen LogP contribution is 2.36. The van der Waals surface area contributed by atoms with Gasteiger partial charge >= 0.3 is 6.18 Å². The Bertz CT molecular complexity index is 856. The number of hydrogen-bond donors (Lipinski definition) is 1. The Morgan fingerprint density at radius 3 is 2.50 bits per heavy atom. The van der Waals surface area contributed by atoms with Crippen LogP contribution in [-0.2, 0) is 11.0 Å². The summed E-state index contributed by atoms with van der Waals surface area (Å²) in [5.41, 5.74) is -1.27. The number of aryl methyl sites for hydroxylation is 1. The van der Waals surface area contributed by atoms with E-state index in [0.717, 1.165) is 12.1 Å². The molecule has 2 rings (SSSR count). The molecule has 0 radical (unpaired) electrons. The normalized spacial score (nSPS) is 11.3. The molecule has 2 aromatic carbocycles. The Hall–Kier alpha value is -2.62. The fraction of sp³-hybridized carbons (Fsp3) is 0.188. The number of thioether (sulfide) groups is 1. The SMILES string of the molecule is Cc1ccc(NC(=O)CSc2ccc(C(F)(F)F)cc2[N+](=O)[O-])cc1F. The number of rotatable bonds is 5. The molecule has 0 spiro atoms. The maximum Gasteiger partial charge on any atom is 0.416 e. The van der Waals surface area contributed by atoms with Gasteiger partial charge in [-0.25, -0.2) is 4.39 Å². The number of anilines is 1. The molecule has 0 atom stereocenters. The first-order valence-electron chi connectivity index (χ1n) is 7.12. The third-order valence-corrected chi connectivity index (χ3v) is 4.36. The molecule has 138 valence electrons. The minimum Gasteiger partial charge on any atom is -0.325 e. The Morgan fingerprint density at radius 1 is 1.23 bits per heavy atom. The number of nitro benzene ring substituents is 1. The predicted octanol–water partition coefficient (Wildman–Crippen LogP) is 4.79. The summed E-state index contributed by atoms with van der Waals surface area (Å²) in [5, 5.41) is 13.4. The van der Waals surface area contributed by atoms with Crippen LogP contribution in [0.4, 0.5) is 28.9 Å². The summed E-state index contributed by atoms with van der Waals surface area (Å²) in [5.74, 6) is -1.37. The molecule has 0 aliphatic carbocycles. The van der Waals surface area contributed by atoms with Crippen LogP contribution in [0, 0.1) is 22.9 Å². The van der Waals surface area contributed by atoms with Gasteiger partial charge in [0.1, 0.15) is 5.82 Å². The Kier molecular flexibility index (Phi) is 5.86. The first kappa shape index (κ1) is 19.7. The number of carbonyl (C=O) groups is 1. The molecule has 0 bridgehead atoms. The Balaban J connectivity index is 2.09. The van der Waals surface area contributed by atoms with E-state index in [4.69, 9.17) is 0 Å². The van der Waals surface area contributed by atoms with Crippen LogP contribution in [-0.4, -0.2) is 16.6 Å². The second-order valence-electron chi connectivity index (χ2n) is 5.24. The first-order valence-corrected chi connectivity index (χ1v) is 8.11. The van der Waals surface area contributed by atoms with E-state index in [1.807, 2.05) is 0 Å². The standard InChI is InChI=1S/C16H12F4N2O3S/c1-9-2-4-11(7-12(9)17)21-15(23)8-26-14-5-3-10(16(18,19)20)6-13(14)22(24)25/h2-7H,8H2,1H3,(H,21,23). The number of hydrogen-bond acceptors (Lipinski definition) is 4. The van der Waals surface area contributed by atoms with Gasteiger partial charge in [0.05, 0.1) is 21.1 Å². The highest BCUT2D eigenvalue weighted by atomic mass is 32.2. The van der Waals surface area contributed by atoms with Crippen molar-refractivity contribution in [2.45, 2.75) is 18.0 Å². The van der Waals surface area contributed by atoms with Crippen molar-refractivity contribution < 1.29 is 27.3 Å². The van der Waals surface area contributed by atoms with Crippen molar-refractivity contribution in [2.75, 3.05) is 11.1 Å². The summed E-state index contributed by atoms with van der Waals surface area (Å²) in [6.45, 7) is 1.56. The van der Waals surface area contributed by atoms with Crippen molar-refractivity contribution in [3.8, 4) is 0 Å². The first-order chi connectivity index (χ1) is 12.1. The average Bonchev–Trinajstić information content (AvgIpc) is 2.55. The van der Waals surface area contributed by atoms with Crippen LogP contribution in [0.15, 0.2) is 41.3 Å². The second-order valence-corrected chi connectivity index (χ2v) is 6.26. The zero-order chi connectivity index (χ0) is 19.5. The molecule has 5 nitrogen and oxygen atoms in total. The lowest BCUT2D eigenvalue weighted by Crippen LogP contribution is -2.14. The molecule has 26 heavy (non-hydrogen) atoms. The van der Waals surface area contributed by atoms with E-state index < -0.39 is 34.1 Å². The van der Waals surface area contributed by atoms with Gasteiger partial charge in [-0.15, -0.1) is 11.8 Å². The van der Waals surface area contributed by atoms with E-state index in [9.17, 15) is 32.5 Å². The summed E-state index contributed by atoms with van der Waals surface area (Å²) in [4.78, 5) is 21.9. The van der Waals surface area contributed by atoms with Crippen molar-refractivity contribution >= 4 is 29.0 Å². The number of alkyl halides is 3. The molecule has 10 heteroatoms. The quantitative estimate of drug-likeness (QED) is 0.346. The van der Waals surface area contributed by atoms with Gasteiger partial charge in [-0.2, -0.15) is 13.2 Å². The van der Waals surface area contributed by atoms with Gasteiger partial charge < -0.3 is 5.32 Å². The minimum atomic E-state index is -4.71. The van der Waals surface area contributed by atoms with Gasteiger partial charge in [-0.1, -0.05) is 6.07 Å². The van der Waals surface area contributed by atoms with Crippen molar-refractivity contribution in [3.05, 3.63) is 63.5 Å². The summed E-state index contributed by atoms with van der Waals surface area (Å²) in [6, 6.07) is 6.17. The van der Waals surface area contributed by atoms with E-state index in [0.29, 0.717) is 29.5 Å². The summed E-state index contributed by atoms with van der Waals surface area (Å²) in [7, 11) is 0. The van der Waals surface area contributed by atoms with Gasteiger partial charge in [-0.05, 0) is 36.8 Å². The van der Waals surface area contributed by atoms with Crippen LogP contribution in [0.1, 0.15) is 11.1 Å². The van der Waals surface area contributed by atoms with E-state index in [2.05, 4.69) is 5.32 Å². The van der Waals surface area contributed by atoms with E-state index in [1.54, 1.807) is 6.92 Å².